The van der Waals surface area contributed by atoms with Crippen LogP contribution < -0.4 is 0 Å². The van der Waals surface area contributed by atoms with Crippen LogP contribution in [0, 0.1) is 0 Å². The van der Waals surface area contributed by atoms with Gasteiger partial charge < -0.3 is 4.74 Å². The SMILES string of the molecule is C=C.CCCCCCCCCCCCCCCCOCCCCCCCCCCCCCCCC.[NaH]. The third-order valence-electron chi connectivity index (χ3n) is 7.28. The zero-order valence-corrected chi connectivity index (χ0v) is 25.0. The van der Waals surface area contributed by atoms with E-state index in [-0.39, 0.29) is 29.6 Å². The van der Waals surface area contributed by atoms with Crippen LogP contribution in [0.2, 0.25) is 0 Å². The Balaban J connectivity index is -0.00000353. The third-order valence-corrected chi connectivity index (χ3v) is 7.28. The van der Waals surface area contributed by atoms with Crippen LogP contribution in [-0.4, -0.2) is 42.8 Å². The van der Waals surface area contributed by atoms with E-state index >= 15 is 0 Å². The first-order valence-electron chi connectivity index (χ1n) is 16.5. The maximum absolute atomic E-state index is 5.85. The zero-order chi connectivity index (χ0) is 25.9. The van der Waals surface area contributed by atoms with Gasteiger partial charge >= 0.3 is 29.6 Å². The Labute approximate surface area is 253 Å². The van der Waals surface area contributed by atoms with Crippen LogP contribution in [0.4, 0.5) is 0 Å². The van der Waals surface area contributed by atoms with E-state index in [1.54, 1.807) is 0 Å². The van der Waals surface area contributed by atoms with Crippen LogP contribution in [0.25, 0.3) is 0 Å². The fourth-order valence-corrected chi connectivity index (χ4v) is 4.90. The van der Waals surface area contributed by atoms with E-state index in [1.165, 1.54) is 180 Å². The van der Waals surface area contributed by atoms with Crippen molar-refractivity contribution >= 4 is 29.6 Å². The Morgan fingerprint density at radius 1 is 0.306 bits per heavy atom. The summed E-state index contributed by atoms with van der Waals surface area (Å²) in [6.07, 6.45) is 40.1. The van der Waals surface area contributed by atoms with Crippen LogP contribution in [0.1, 0.15) is 194 Å². The van der Waals surface area contributed by atoms with E-state index in [2.05, 4.69) is 27.0 Å². The van der Waals surface area contributed by atoms with Gasteiger partial charge in [0.15, 0.2) is 0 Å². The first kappa shape index (κ1) is 41.2. The van der Waals surface area contributed by atoms with Gasteiger partial charge in [0, 0.05) is 13.2 Å². The Hall–Kier alpha value is 0.700. The summed E-state index contributed by atoms with van der Waals surface area (Å²) in [7, 11) is 0. The summed E-state index contributed by atoms with van der Waals surface area (Å²) in [5, 5.41) is 0. The molecule has 0 rings (SSSR count). The second-order valence-electron chi connectivity index (χ2n) is 10.8. The molecule has 214 valence electrons. The molecule has 0 fully saturated rings. The summed E-state index contributed by atoms with van der Waals surface area (Å²) < 4.78 is 5.85. The Morgan fingerprint density at radius 2 is 0.472 bits per heavy atom. The summed E-state index contributed by atoms with van der Waals surface area (Å²) in [6.45, 7) is 12.6. The third kappa shape index (κ3) is 41.8. The molecule has 0 saturated heterocycles. The average molecular weight is 519 g/mol. The normalized spacial score (nSPS) is 10.6. The van der Waals surface area contributed by atoms with E-state index < -0.39 is 0 Å². The number of hydrogen-bond acceptors (Lipinski definition) is 1. The number of hydrogen-bond donors (Lipinski definition) is 0. The minimum atomic E-state index is 0. The number of rotatable bonds is 30. The zero-order valence-electron chi connectivity index (χ0n) is 25.0. The van der Waals surface area contributed by atoms with Crippen LogP contribution in [0.3, 0.4) is 0 Å². The fraction of sp³-hybridized carbons (Fsp3) is 0.941. The molecule has 1 nitrogen and oxygen atoms in total. The average Bonchev–Trinajstić information content (AvgIpc) is 2.89. The molecule has 0 heterocycles. The maximum atomic E-state index is 5.85. The van der Waals surface area contributed by atoms with Gasteiger partial charge in [-0.1, -0.05) is 181 Å². The predicted molar refractivity (Wildman–Crippen MR) is 170 cm³/mol. The standard InChI is InChI=1S/C32H66O.C2H4.Na.H/c1-3-5-7-9-11-13-15-17-19-21-23-25-27-29-31-33-32-30-28-26-24-22-20-18-16-14-12-10-8-6-4-2;1-2;;/h3-32H2,1-2H3;1-2H2;;. The molecule has 0 radical (unpaired) electrons. The number of ether oxygens (including phenoxy) is 1. The summed E-state index contributed by atoms with van der Waals surface area (Å²) in [5.41, 5.74) is 0. The van der Waals surface area contributed by atoms with Crippen LogP contribution >= 0.6 is 0 Å². The molecule has 0 aliphatic rings. The van der Waals surface area contributed by atoms with Crippen molar-refractivity contribution in [2.24, 2.45) is 0 Å². The van der Waals surface area contributed by atoms with Crippen molar-refractivity contribution < 1.29 is 4.74 Å². The second-order valence-corrected chi connectivity index (χ2v) is 10.8. The van der Waals surface area contributed by atoms with Gasteiger partial charge in [-0.25, -0.2) is 0 Å². The van der Waals surface area contributed by atoms with Gasteiger partial charge in [-0.05, 0) is 12.8 Å². The Kier molecular flexibility index (Phi) is 48.9. The van der Waals surface area contributed by atoms with E-state index in [4.69, 9.17) is 4.74 Å². The van der Waals surface area contributed by atoms with E-state index in [0.717, 1.165) is 13.2 Å². The Bertz CT molecular complexity index is 303. The minimum absolute atomic E-state index is 0. The quantitative estimate of drug-likeness (QED) is 0.0522. The first-order chi connectivity index (χ1) is 17.4. The van der Waals surface area contributed by atoms with Gasteiger partial charge in [-0.15, -0.1) is 13.2 Å². The summed E-state index contributed by atoms with van der Waals surface area (Å²) in [6, 6.07) is 0. The van der Waals surface area contributed by atoms with E-state index in [9.17, 15) is 0 Å². The van der Waals surface area contributed by atoms with Gasteiger partial charge in [-0.3, -0.25) is 0 Å². The molecule has 0 aliphatic heterocycles. The molecule has 0 amide bonds. The molecule has 0 unspecified atom stereocenters. The van der Waals surface area contributed by atoms with Crippen molar-refractivity contribution in [2.75, 3.05) is 13.2 Å². The molecule has 36 heavy (non-hydrogen) atoms. The first-order valence-corrected chi connectivity index (χ1v) is 16.5. The van der Waals surface area contributed by atoms with Crippen molar-refractivity contribution in [1.29, 1.82) is 0 Å². The van der Waals surface area contributed by atoms with E-state index in [1.807, 2.05) is 0 Å². The van der Waals surface area contributed by atoms with Crippen LogP contribution in [0.15, 0.2) is 13.2 Å². The van der Waals surface area contributed by atoms with Crippen molar-refractivity contribution in [3.8, 4) is 0 Å². The molecular weight excluding hydrogens is 447 g/mol. The number of unbranched alkanes of at least 4 members (excludes halogenated alkanes) is 26. The van der Waals surface area contributed by atoms with Gasteiger partial charge in [0.05, 0.1) is 0 Å². The topological polar surface area (TPSA) is 9.23 Å². The fourth-order valence-electron chi connectivity index (χ4n) is 4.90. The molecule has 0 saturated carbocycles. The summed E-state index contributed by atoms with van der Waals surface area (Å²) in [4.78, 5) is 0. The molecule has 2 heteroatoms. The molecular formula is C34H71NaO. The molecule has 0 aromatic heterocycles. The van der Waals surface area contributed by atoms with Gasteiger partial charge in [0.25, 0.3) is 0 Å². The van der Waals surface area contributed by atoms with Gasteiger partial charge in [0.2, 0.25) is 0 Å². The van der Waals surface area contributed by atoms with Gasteiger partial charge in [-0.2, -0.15) is 0 Å². The van der Waals surface area contributed by atoms with Crippen molar-refractivity contribution in [1.82, 2.24) is 0 Å². The van der Waals surface area contributed by atoms with Crippen molar-refractivity contribution in [3.05, 3.63) is 13.2 Å². The van der Waals surface area contributed by atoms with Crippen molar-refractivity contribution in [2.45, 2.75) is 194 Å². The molecule has 0 atom stereocenters. The monoisotopic (exact) mass is 519 g/mol. The molecule has 0 aliphatic carbocycles. The summed E-state index contributed by atoms with van der Waals surface area (Å²) >= 11 is 0. The van der Waals surface area contributed by atoms with Gasteiger partial charge in [0.1, 0.15) is 0 Å². The Morgan fingerprint density at radius 3 is 0.667 bits per heavy atom. The van der Waals surface area contributed by atoms with Crippen LogP contribution in [0.5, 0.6) is 0 Å². The molecule has 0 aromatic carbocycles. The molecule has 0 bridgehead atoms. The molecule has 0 N–H and O–H groups in total. The molecule has 0 spiro atoms. The van der Waals surface area contributed by atoms with Crippen molar-refractivity contribution in [3.63, 3.8) is 0 Å². The summed E-state index contributed by atoms with van der Waals surface area (Å²) in [5.74, 6) is 0. The van der Waals surface area contributed by atoms with E-state index in [0.29, 0.717) is 0 Å². The second kappa shape index (κ2) is 42.8. The molecule has 0 aromatic rings. The van der Waals surface area contributed by atoms with Crippen LogP contribution in [-0.2, 0) is 4.74 Å². The predicted octanol–water partition coefficient (Wildman–Crippen LogP) is 12.1.